The Labute approximate surface area is 136 Å². The number of amides is 1. The molecule has 0 radical (unpaired) electrons. The Kier molecular flexibility index (Phi) is 3.31. The van der Waals surface area contributed by atoms with Crippen LogP contribution in [0, 0.1) is 5.82 Å². The Hall–Kier alpha value is -3.48. The van der Waals surface area contributed by atoms with Crippen LogP contribution >= 0.6 is 0 Å². The normalized spacial score (nSPS) is 10.9. The monoisotopic (exact) mass is 321 g/mol. The van der Waals surface area contributed by atoms with E-state index in [1.165, 1.54) is 18.2 Å². The van der Waals surface area contributed by atoms with Crippen LogP contribution < -0.4 is 5.32 Å². The fourth-order valence-electron chi connectivity index (χ4n) is 2.43. The number of carbonyl (C=O) groups is 1. The molecule has 7 heteroatoms. The van der Waals surface area contributed by atoms with Crippen molar-refractivity contribution >= 4 is 17.2 Å². The van der Waals surface area contributed by atoms with Gasteiger partial charge in [0.05, 0.1) is 12.0 Å². The number of benzene rings is 1. The van der Waals surface area contributed by atoms with E-state index in [0.29, 0.717) is 11.3 Å². The van der Waals surface area contributed by atoms with Gasteiger partial charge >= 0.3 is 0 Å². The van der Waals surface area contributed by atoms with Crippen LogP contribution in [0.4, 0.5) is 10.1 Å². The molecule has 0 saturated heterocycles. The summed E-state index contributed by atoms with van der Waals surface area (Å²) in [5.41, 5.74) is 2.97. The van der Waals surface area contributed by atoms with Gasteiger partial charge in [0.25, 0.3) is 5.91 Å². The van der Waals surface area contributed by atoms with Gasteiger partial charge in [-0.15, -0.1) is 0 Å². The molecule has 0 bridgehead atoms. The molecular formula is C17H12FN5O. The highest BCUT2D eigenvalue weighted by Crippen LogP contribution is 2.18. The zero-order valence-corrected chi connectivity index (χ0v) is 12.4. The van der Waals surface area contributed by atoms with Crippen molar-refractivity contribution in [2.24, 2.45) is 0 Å². The molecule has 0 saturated carbocycles. The van der Waals surface area contributed by atoms with Crippen molar-refractivity contribution in [3.8, 4) is 11.3 Å². The number of carbonyl (C=O) groups excluding carboxylic acids is 1. The molecule has 1 amide bonds. The van der Waals surface area contributed by atoms with Crippen LogP contribution in [0.5, 0.6) is 0 Å². The average Bonchev–Trinajstić information content (AvgIpc) is 3.23. The van der Waals surface area contributed by atoms with Gasteiger partial charge in [0.1, 0.15) is 17.2 Å². The van der Waals surface area contributed by atoms with Gasteiger partial charge in [0.15, 0.2) is 0 Å². The summed E-state index contributed by atoms with van der Waals surface area (Å²) in [5.74, 6) is -0.808. The number of hydrogen-bond acceptors (Lipinski definition) is 3. The summed E-state index contributed by atoms with van der Waals surface area (Å²) in [5, 5.41) is 2.63. The highest BCUT2D eigenvalue weighted by molar-refractivity contribution is 6.03. The second kappa shape index (κ2) is 5.62. The topological polar surface area (TPSA) is 75.1 Å². The molecule has 3 heterocycles. The predicted molar refractivity (Wildman–Crippen MR) is 87.1 cm³/mol. The van der Waals surface area contributed by atoms with Crippen LogP contribution in [0.25, 0.3) is 16.9 Å². The molecule has 0 aliphatic heterocycles. The Balaban J connectivity index is 1.63. The second-order valence-corrected chi connectivity index (χ2v) is 5.23. The van der Waals surface area contributed by atoms with Crippen LogP contribution in [-0.2, 0) is 0 Å². The zero-order chi connectivity index (χ0) is 16.5. The van der Waals surface area contributed by atoms with E-state index < -0.39 is 11.7 Å². The van der Waals surface area contributed by atoms with Gasteiger partial charge in [0, 0.05) is 29.8 Å². The number of pyridine rings is 1. The largest absolute Gasteiger partial charge is 0.351 e. The number of fused-ring (bicyclic) bond motifs is 1. The first-order chi connectivity index (χ1) is 11.7. The third-order valence-electron chi connectivity index (χ3n) is 3.56. The SMILES string of the molecule is O=C(Nc1cccc(F)c1)c1cn2cc(-c3c[nH]cn3)ccc2n1. The van der Waals surface area contributed by atoms with E-state index in [-0.39, 0.29) is 5.69 Å². The highest BCUT2D eigenvalue weighted by atomic mass is 19.1. The van der Waals surface area contributed by atoms with Crippen LogP contribution in [0.3, 0.4) is 0 Å². The standard InChI is InChI=1S/C17H12FN5O/c18-12-2-1-3-13(6-12)21-17(24)15-9-23-8-11(4-5-16(23)22-15)14-7-19-10-20-14/h1-10H,(H,19,20)(H,21,24). The third kappa shape index (κ3) is 2.63. The van der Waals surface area contributed by atoms with E-state index >= 15 is 0 Å². The quantitative estimate of drug-likeness (QED) is 0.609. The average molecular weight is 321 g/mol. The lowest BCUT2D eigenvalue weighted by atomic mass is 10.2. The Bertz CT molecular complexity index is 1020. The number of nitrogens with zero attached hydrogens (tertiary/aromatic N) is 3. The van der Waals surface area contributed by atoms with Gasteiger partial charge in [-0.25, -0.2) is 14.4 Å². The van der Waals surface area contributed by atoms with Crippen LogP contribution in [0.15, 0.2) is 61.3 Å². The molecule has 6 nitrogen and oxygen atoms in total. The van der Waals surface area contributed by atoms with Gasteiger partial charge in [-0.2, -0.15) is 0 Å². The second-order valence-electron chi connectivity index (χ2n) is 5.23. The molecule has 4 aromatic rings. The van der Waals surface area contributed by atoms with Gasteiger partial charge < -0.3 is 14.7 Å². The summed E-state index contributed by atoms with van der Waals surface area (Å²) in [6.07, 6.45) is 6.86. The minimum Gasteiger partial charge on any atom is -0.351 e. The van der Waals surface area contributed by atoms with E-state index in [9.17, 15) is 9.18 Å². The lowest BCUT2D eigenvalue weighted by Crippen LogP contribution is -2.12. The number of H-pyrrole nitrogens is 1. The first kappa shape index (κ1) is 14.1. The molecule has 0 aliphatic rings. The predicted octanol–water partition coefficient (Wildman–Crippen LogP) is 3.12. The van der Waals surface area contributed by atoms with Gasteiger partial charge in [-0.1, -0.05) is 6.07 Å². The molecule has 1 aromatic carbocycles. The van der Waals surface area contributed by atoms with Crippen molar-refractivity contribution in [1.29, 1.82) is 0 Å². The molecule has 4 rings (SSSR count). The maximum Gasteiger partial charge on any atom is 0.275 e. The number of rotatable bonds is 3. The zero-order valence-electron chi connectivity index (χ0n) is 12.4. The maximum atomic E-state index is 13.2. The molecule has 0 atom stereocenters. The minimum absolute atomic E-state index is 0.249. The minimum atomic E-state index is -0.411. The van der Waals surface area contributed by atoms with Crippen molar-refractivity contribution in [1.82, 2.24) is 19.4 Å². The fraction of sp³-hybridized carbons (Fsp3) is 0. The smallest absolute Gasteiger partial charge is 0.275 e. The van der Waals surface area contributed by atoms with Crippen molar-refractivity contribution in [2.45, 2.75) is 0 Å². The molecule has 3 aromatic heterocycles. The molecule has 24 heavy (non-hydrogen) atoms. The summed E-state index contributed by atoms with van der Waals surface area (Å²) in [6, 6.07) is 9.41. The molecular weight excluding hydrogens is 309 g/mol. The Morgan fingerprint density at radius 2 is 2.12 bits per heavy atom. The number of aromatic amines is 1. The lowest BCUT2D eigenvalue weighted by molar-refractivity contribution is 0.102. The first-order valence-electron chi connectivity index (χ1n) is 7.24. The van der Waals surface area contributed by atoms with E-state index in [1.54, 1.807) is 29.2 Å². The van der Waals surface area contributed by atoms with Crippen LogP contribution in [0.1, 0.15) is 10.5 Å². The third-order valence-corrected chi connectivity index (χ3v) is 3.56. The fourth-order valence-corrected chi connectivity index (χ4v) is 2.43. The first-order valence-corrected chi connectivity index (χ1v) is 7.24. The van der Waals surface area contributed by atoms with Crippen molar-refractivity contribution in [2.75, 3.05) is 5.32 Å². The Morgan fingerprint density at radius 1 is 1.21 bits per heavy atom. The summed E-state index contributed by atoms with van der Waals surface area (Å²) >= 11 is 0. The maximum absolute atomic E-state index is 13.2. The van der Waals surface area contributed by atoms with Crippen molar-refractivity contribution in [3.05, 3.63) is 72.8 Å². The van der Waals surface area contributed by atoms with Crippen molar-refractivity contribution in [3.63, 3.8) is 0 Å². The van der Waals surface area contributed by atoms with Crippen molar-refractivity contribution < 1.29 is 9.18 Å². The lowest BCUT2D eigenvalue weighted by Gasteiger charge is -2.02. The van der Waals surface area contributed by atoms with Crippen LogP contribution in [-0.4, -0.2) is 25.3 Å². The summed E-state index contributed by atoms with van der Waals surface area (Å²) in [6.45, 7) is 0. The number of anilines is 1. The van der Waals surface area contributed by atoms with E-state index in [0.717, 1.165) is 11.3 Å². The molecule has 0 aliphatic carbocycles. The number of nitrogens with one attached hydrogen (secondary N) is 2. The van der Waals surface area contributed by atoms with E-state index in [2.05, 4.69) is 20.3 Å². The van der Waals surface area contributed by atoms with Gasteiger partial charge in [-0.05, 0) is 30.3 Å². The van der Waals surface area contributed by atoms with Gasteiger partial charge in [-0.3, -0.25) is 4.79 Å². The molecule has 0 unspecified atom stereocenters. The highest BCUT2D eigenvalue weighted by Gasteiger charge is 2.12. The van der Waals surface area contributed by atoms with E-state index in [1.807, 2.05) is 18.3 Å². The van der Waals surface area contributed by atoms with E-state index in [4.69, 9.17) is 0 Å². The van der Waals surface area contributed by atoms with Gasteiger partial charge in [0.2, 0.25) is 0 Å². The number of imidazole rings is 2. The summed E-state index contributed by atoms with van der Waals surface area (Å²) in [4.78, 5) is 23.7. The summed E-state index contributed by atoms with van der Waals surface area (Å²) in [7, 11) is 0. The summed E-state index contributed by atoms with van der Waals surface area (Å²) < 4.78 is 14.9. The Morgan fingerprint density at radius 3 is 2.92 bits per heavy atom. The molecule has 2 N–H and O–H groups in total. The molecule has 0 fully saturated rings. The molecule has 118 valence electrons. The number of halogens is 1. The number of aromatic nitrogens is 4. The number of hydrogen-bond donors (Lipinski definition) is 2. The van der Waals surface area contributed by atoms with Crippen LogP contribution in [0.2, 0.25) is 0 Å². The molecule has 0 spiro atoms.